The van der Waals surface area contributed by atoms with Gasteiger partial charge in [-0.15, -0.1) is 0 Å². The molecule has 0 atom stereocenters. The molecule has 0 bridgehead atoms. The molecule has 4 heteroatoms. The lowest BCUT2D eigenvalue weighted by Gasteiger charge is -2.06. The lowest BCUT2D eigenvalue weighted by Crippen LogP contribution is -2.09. The summed E-state index contributed by atoms with van der Waals surface area (Å²) in [5.74, 6) is -0.212. The van der Waals surface area contributed by atoms with Crippen LogP contribution in [0.25, 0.3) is 0 Å². The Balaban J connectivity index is 2.44. The second kappa shape index (κ2) is 4.57. The number of aromatic nitrogens is 2. The molecule has 0 aliphatic heterocycles. The van der Waals surface area contributed by atoms with Crippen molar-refractivity contribution >= 4 is 5.97 Å². The summed E-state index contributed by atoms with van der Waals surface area (Å²) in [5, 5.41) is 4.41. The smallest absolute Gasteiger partial charge is 0.341 e. The molecule has 0 unspecified atom stereocenters. The normalized spacial score (nSPS) is 14.5. The molecule has 0 N–H and O–H groups in total. The number of hydrogen-bond donors (Lipinski definition) is 0. The average Bonchev–Trinajstić information content (AvgIpc) is 2.88. The van der Waals surface area contributed by atoms with Gasteiger partial charge in [-0.05, 0) is 13.8 Å². The van der Waals surface area contributed by atoms with Crippen molar-refractivity contribution in [2.75, 3.05) is 6.61 Å². The summed E-state index contributed by atoms with van der Waals surface area (Å²) in [6, 6.07) is 0. The third-order valence-corrected chi connectivity index (χ3v) is 2.90. The zero-order chi connectivity index (χ0) is 12.4. The lowest BCUT2D eigenvalue weighted by molar-refractivity contribution is 0.0524. The van der Waals surface area contributed by atoms with Crippen molar-refractivity contribution in [1.82, 2.24) is 9.78 Å². The van der Waals surface area contributed by atoms with E-state index in [9.17, 15) is 4.79 Å². The van der Waals surface area contributed by atoms with Crippen LogP contribution < -0.4 is 0 Å². The second-order valence-corrected chi connectivity index (χ2v) is 3.99. The van der Waals surface area contributed by atoms with Crippen LogP contribution in [0.2, 0.25) is 0 Å². The summed E-state index contributed by atoms with van der Waals surface area (Å²) in [6.45, 7) is 4.06. The highest BCUT2D eigenvalue weighted by Crippen LogP contribution is 2.27. The Hall–Kier alpha value is -1.84. The summed E-state index contributed by atoms with van der Waals surface area (Å²) >= 11 is 0. The molecule has 0 aromatic carbocycles. The second-order valence-electron chi connectivity index (χ2n) is 3.99. The average molecular weight is 232 g/mol. The first kappa shape index (κ1) is 11.6. The highest BCUT2D eigenvalue weighted by Gasteiger charge is 2.25. The summed E-state index contributed by atoms with van der Waals surface area (Å²) in [5.41, 5.74) is 2.20. The Kier molecular flexibility index (Phi) is 3.13. The van der Waals surface area contributed by atoms with Crippen molar-refractivity contribution in [2.24, 2.45) is 7.05 Å². The maximum atomic E-state index is 11.9. The molecular formula is C13H16N2O2. The standard InChI is InChI=1S/C13H16N2O2/c1-4-17-13(16)11-9(2)15(3)14-12(11)10-7-5-6-8-10/h5-8,10H,4H2,1-3H3. The molecule has 0 amide bonds. The first-order valence-corrected chi connectivity index (χ1v) is 5.70. The van der Waals surface area contributed by atoms with E-state index in [0.29, 0.717) is 12.2 Å². The van der Waals surface area contributed by atoms with Gasteiger partial charge in [0.25, 0.3) is 0 Å². The molecule has 17 heavy (non-hydrogen) atoms. The Morgan fingerprint density at radius 1 is 1.47 bits per heavy atom. The first-order chi connectivity index (χ1) is 8.15. The predicted molar refractivity (Wildman–Crippen MR) is 64.9 cm³/mol. The van der Waals surface area contributed by atoms with E-state index < -0.39 is 0 Å². The molecule has 0 radical (unpaired) electrons. The molecular weight excluding hydrogens is 216 g/mol. The van der Waals surface area contributed by atoms with Crippen LogP contribution in [0.4, 0.5) is 0 Å². The zero-order valence-corrected chi connectivity index (χ0v) is 10.3. The molecule has 0 fully saturated rings. The summed E-state index contributed by atoms with van der Waals surface area (Å²) in [4.78, 5) is 11.9. The van der Waals surface area contributed by atoms with Crippen molar-refractivity contribution in [3.05, 3.63) is 41.3 Å². The number of nitrogens with zero attached hydrogens (tertiary/aromatic N) is 2. The minimum absolute atomic E-state index is 0.0781. The third kappa shape index (κ3) is 2.02. The van der Waals surface area contributed by atoms with Gasteiger partial charge < -0.3 is 4.74 Å². The summed E-state index contributed by atoms with van der Waals surface area (Å²) in [7, 11) is 1.84. The lowest BCUT2D eigenvalue weighted by atomic mass is 10.0. The Bertz CT molecular complexity index is 486. The van der Waals surface area contributed by atoms with Gasteiger partial charge in [0.1, 0.15) is 5.56 Å². The van der Waals surface area contributed by atoms with Gasteiger partial charge in [-0.1, -0.05) is 24.3 Å². The fourth-order valence-electron chi connectivity index (χ4n) is 1.94. The fraction of sp³-hybridized carbons (Fsp3) is 0.385. The molecule has 0 spiro atoms. The first-order valence-electron chi connectivity index (χ1n) is 5.70. The highest BCUT2D eigenvalue weighted by atomic mass is 16.5. The molecule has 0 saturated heterocycles. The molecule has 1 aromatic heterocycles. The van der Waals surface area contributed by atoms with Gasteiger partial charge >= 0.3 is 5.97 Å². The van der Waals surface area contributed by atoms with E-state index in [2.05, 4.69) is 5.10 Å². The summed E-state index contributed by atoms with van der Waals surface area (Å²) in [6.07, 6.45) is 7.96. The molecule has 1 heterocycles. The van der Waals surface area contributed by atoms with E-state index in [-0.39, 0.29) is 11.9 Å². The van der Waals surface area contributed by atoms with Gasteiger partial charge in [-0.25, -0.2) is 4.79 Å². The van der Waals surface area contributed by atoms with Gasteiger partial charge in [0.2, 0.25) is 0 Å². The van der Waals surface area contributed by atoms with E-state index in [0.717, 1.165) is 11.4 Å². The van der Waals surface area contributed by atoms with Crippen LogP contribution in [0.5, 0.6) is 0 Å². The van der Waals surface area contributed by atoms with Gasteiger partial charge in [-0.3, -0.25) is 4.68 Å². The van der Waals surface area contributed by atoms with E-state index in [4.69, 9.17) is 4.74 Å². The Morgan fingerprint density at radius 3 is 2.71 bits per heavy atom. The maximum Gasteiger partial charge on any atom is 0.341 e. The quantitative estimate of drug-likeness (QED) is 0.750. The Labute approximate surface area is 101 Å². The van der Waals surface area contributed by atoms with Crippen LogP contribution in [0.1, 0.15) is 34.6 Å². The molecule has 0 saturated carbocycles. The van der Waals surface area contributed by atoms with Gasteiger partial charge in [-0.2, -0.15) is 5.10 Å². The minimum atomic E-state index is -0.290. The zero-order valence-electron chi connectivity index (χ0n) is 10.3. The topological polar surface area (TPSA) is 44.1 Å². The van der Waals surface area contributed by atoms with E-state index in [1.165, 1.54) is 0 Å². The van der Waals surface area contributed by atoms with Crippen LogP contribution in [0.3, 0.4) is 0 Å². The van der Waals surface area contributed by atoms with Crippen molar-refractivity contribution in [3.63, 3.8) is 0 Å². The van der Waals surface area contributed by atoms with Gasteiger partial charge in [0.05, 0.1) is 12.3 Å². The third-order valence-electron chi connectivity index (χ3n) is 2.90. The molecule has 2 rings (SSSR count). The highest BCUT2D eigenvalue weighted by molar-refractivity contribution is 5.92. The number of hydrogen-bond acceptors (Lipinski definition) is 3. The van der Waals surface area contributed by atoms with Crippen molar-refractivity contribution in [2.45, 2.75) is 19.8 Å². The van der Waals surface area contributed by atoms with E-state index >= 15 is 0 Å². The van der Waals surface area contributed by atoms with Crippen LogP contribution in [-0.4, -0.2) is 22.4 Å². The number of carbonyl (C=O) groups is 1. The van der Waals surface area contributed by atoms with E-state index in [1.54, 1.807) is 11.6 Å². The van der Waals surface area contributed by atoms with Crippen LogP contribution in [0, 0.1) is 6.92 Å². The van der Waals surface area contributed by atoms with Crippen LogP contribution >= 0.6 is 0 Å². The van der Waals surface area contributed by atoms with Gasteiger partial charge in [0.15, 0.2) is 0 Å². The van der Waals surface area contributed by atoms with Gasteiger partial charge in [0, 0.05) is 18.7 Å². The SMILES string of the molecule is CCOC(=O)c1c(C2C=CC=C2)nn(C)c1C. The molecule has 1 aliphatic carbocycles. The van der Waals surface area contributed by atoms with Crippen LogP contribution in [0.15, 0.2) is 24.3 Å². The Morgan fingerprint density at radius 2 is 2.12 bits per heavy atom. The van der Waals surface area contributed by atoms with Crippen molar-refractivity contribution < 1.29 is 9.53 Å². The minimum Gasteiger partial charge on any atom is -0.462 e. The molecule has 1 aliphatic rings. The summed E-state index contributed by atoms with van der Waals surface area (Å²) < 4.78 is 6.81. The maximum absolute atomic E-state index is 11.9. The number of rotatable bonds is 3. The monoisotopic (exact) mass is 232 g/mol. The van der Waals surface area contributed by atoms with Crippen molar-refractivity contribution in [1.29, 1.82) is 0 Å². The van der Waals surface area contributed by atoms with E-state index in [1.807, 2.05) is 38.3 Å². The number of ether oxygens (including phenoxy) is 1. The largest absolute Gasteiger partial charge is 0.462 e. The molecule has 1 aromatic rings. The number of esters is 1. The fourth-order valence-corrected chi connectivity index (χ4v) is 1.94. The number of allylic oxidation sites excluding steroid dienone is 4. The number of carbonyl (C=O) groups excluding carboxylic acids is 1. The van der Waals surface area contributed by atoms with Crippen molar-refractivity contribution in [3.8, 4) is 0 Å². The molecule has 90 valence electrons. The number of aryl methyl sites for hydroxylation is 1. The predicted octanol–water partition coefficient (Wildman–Crippen LogP) is 2.11. The van der Waals surface area contributed by atoms with Crippen LogP contribution in [-0.2, 0) is 11.8 Å². The molecule has 4 nitrogen and oxygen atoms in total.